The van der Waals surface area contributed by atoms with Crippen LogP contribution in [-0.4, -0.2) is 35.5 Å². The number of alkyl halides is 3. The van der Waals surface area contributed by atoms with E-state index < -0.39 is 48.6 Å². The monoisotopic (exact) mass is 313 g/mol. The van der Waals surface area contributed by atoms with Gasteiger partial charge in [0.1, 0.15) is 5.60 Å². The second kappa shape index (κ2) is 7.00. The van der Waals surface area contributed by atoms with E-state index >= 15 is 0 Å². The van der Waals surface area contributed by atoms with Gasteiger partial charge in [-0.15, -0.1) is 0 Å². The molecule has 0 aliphatic heterocycles. The molecule has 1 atom stereocenters. The van der Waals surface area contributed by atoms with Gasteiger partial charge in [0.05, 0.1) is 5.41 Å². The van der Waals surface area contributed by atoms with Crippen LogP contribution in [0.2, 0.25) is 0 Å². The summed E-state index contributed by atoms with van der Waals surface area (Å²) in [5.41, 5.74) is -2.43. The quantitative estimate of drug-likeness (QED) is 0.788. The number of carbonyl (C=O) groups excluding carboxylic acids is 1. The normalized spacial score (nSPS) is 15.2. The highest BCUT2D eigenvalue weighted by Gasteiger charge is 2.41. The number of carboxylic acids is 1. The lowest BCUT2D eigenvalue weighted by molar-refractivity contribution is -0.157. The minimum atomic E-state index is -4.44. The summed E-state index contributed by atoms with van der Waals surface area (Å²) < 4.78 is 41.8. The lowest BCUT2D eigenvalue weighted by atomic mass is 9.80. The summed E-state index contributed by atoms with van der Waals surface area (Å²) in [5, 5.41) is 11.4. The Bertz CT molecular complexity index is 377. The Morgan fingerprint density at radius 1 is 1.14 bits per heavy atom. The zero-order chi connectivity index (χ0) is 16.9. The molecule has 0 saturated carbocycles. The van der Waals surface area contributed by atoms with Crippen molar-refractivity contribution in [3.05, 3.63) is 0 Å². The Kier molecular flexibility index (Phi) is 6.51. The molecule has 0 fully saturated rings. The molecule has 124 valence electrons. The molecular formula is C13H22F3NO4. The maximum atomic E-state index is 12.3. The molecule has 0 aromatic carbocycles. The molecule has 1 unspecified atom stereocenters. The molecule has 0 aliphatic carbocycles. The van der Waals surface area contributed by atoms with Crippen LogP contribution in [0, 0.1) is 5.41 Å². The van der Waals surface area contributed by atoms with E-state index in [2.05, 4.69) is 5.32 Å². The average Bonchev–Trinajstić information content (AvgIpc) is 2.25. The number of nitrogens with one attached hydrogen (secondary N) is 1. The maximum Gasteiger partial charge on any atom is 0.407 e. The molecule has 8 heteroatoms. The number of hydrogen-bond acceptors (Lipinski definition) is 3. The van der Waals surface area contributed by atoms with Crippen LogP contribution in [0.4, 0.5) is 18.0 Å². The number of halogens is 3. The highest BCUT2D eigenvalue weighted by atomic mass is 19.4. The Balaban J connectivity index is 4.78. The first kappa shape index (κ1) is 19.5. The lowest BCUT2D eigenvalue weighted by Crippen LogP contribution is -2.44. The van der Waals surface area contributed by atoms with Gasteiger partial charge in [0.15, 0.2) is 0 Å². The van der Waals surface area contributed by atoms with Gasteiger partial charge in [-0.05, 0) is 33.6 Å². The van der Waals surface area contributed by atoms with Crippen molar-refractivity contribution in [2.45, 2.75) is 58.7 Å². The Labute approximate surface area is 121 Å². The molecular weight excluding hydrogens is 291 g/mol. The summed E-state index contributed by atoms with van der Waals surface area (Å²) in [6, 6.07) is 0. The van der Waals surface area contributed by atoms with Crippen molar-refractivity contribution in [3.63, 3.8) is 0 Å². The Hall–Kier alpha value is -1.47. The Morgan fingerprint density at radius 3 is 2.00 bits per heavy atom. The smallest absolute Gasteiger partial charge is 0.407 e. The van der Waals surface area contributed by atoms with Crippen LogP contribution in [0.3, 0.4) is 0 Å². The van der Waals surface area contributed by atoms with Crippen LogP contribution in [0.5, 0.6) is 0 Å². The predicted octanol–water partition coefficient (Wildman–Crippen LogP) is 3.33. The molecule has 0 radical (unpaired) electrons. The van der Waals surface area contributed by atoms with E-state index in [9.17, 15) is 27.9 Å². The van der Waals surface area contributed by atoms with Crippen molar-refractivity contribution in [2.24, 2.45) is 5.41 Å². The maximum absolute atomic E-state index is 12.3. The SMILES string of the molecule is CCC(CCC(F)(F)F)(CNC(=O)OC(C)(C)C)C(=O)O. The van der Waals surface area contributed by atoms with Gasteiger partial charge < -0.3 is 15.2 Å². The average molecular weight is 313 g/mol. The number of amides is 1. The van der Waals surface area contributed by atoms with Crippen molar-refractivity contribution >= 4 is 12.1 Å². The number of aliphatic carboxylic acids is 1. The molecule has 1 amide bonds. The van der Waals surface area contributed by atoms with E-state index in [0.717, 1.165) is 0 Å². The summed E-state index contributed by atoms with van der Waals surface area (Å²) in [7, 11) is 0. The molecule has 0 heterocycles. The van der Waals surface area contributed by atoms with Gasteiger partial charge in [-0.1, -0.05) is 6.92 Å². The predicted molar refractivity (Wildman–Crippen MR) is 69.9 cm³/mol. The van der Waals surface area contributed by atoms with Crippen LogP contribution in [0.15, 0.2) is 0 Å². The molecule has 0 rings (SSSR count). The summed E-state index contributed by atoms with van der Waals surface area (Å²) in [4.78, 5) is 22.8. The molecule has 2 N–H and O–H groups in total. The summed E-state index contributed by atoms with van der Waals surface area (Å²) in [5.74, 6) is -1.37. The largest absolute Gasteiger partial charge is 0.481 e. The van der Waals surface area contributed by atoms with Crippen molar-refractivity contribution in [1.29, 1.82) is 0 Å². The fourth-order valence-corrected chi connectivity index (χ4v) is 1.66. The number of alkyl carbamates (subject to hydrolysis) is 1. The van der Waals surface area contributed by atoms with Crippen molar-refractivity contribution in [2.75, 3.05) is 6.54 Å². The van der Waals surface area contributed by atoms with Gasteiger partial charge in [0.25, 0.3) is 0 Å². The van der Waals surface area contributed by atoms with Crippen LogP contribution in [0.25, 0.3) is 0 Å². The zero-order valence-electron chi connectivity index (χ0n) is 12.6. The molecule has 0 aromatic heterocycles. The van der Waals surface area contributed by atoms with Gasteiger partial charge in [-0.3, -0.25) is 4.79 Å². The van der Waals surface area contributed by atoms with E-state index in [0.29, 0.717) is 0 Å². The summed E-state index contributed by atoms with van der Waals surface area (Å²) >= 11 is 0. The number of ether oxygens (including phenoxy) is 1. The van der Waals surface area contributed by atoms with Gasteiger partial charge in [-0.2, -0.15) is 13.2 Å². The van der Waals surface area contributed by atoms with Gasteiger partial charge in [0, 0.05) is 13.0 Å². The standard InChI is InChI=1S/C13H22F3NO4/c1-5-12(9(18)19,6-7-13(14,15)16)8-17-10(20)21-11(2,3)4/h5-8H2,1-4H3,(H,17,20)(H,18,19). The molecule has 21 heavy (non-hydrogen) atoms. The fraction of sp³-hybridized carbons (Fsp3) is 0.846. The van der Waals surface area contributed by atoms with Crippen molar-refractivity contribution in [1.82, 2.24) is 5.32 Å². The minimum absolute atomic E-state index is 0.0335. The second-order valence-corrected chi connectivity index (χ2v) is 5.91. The fourth-order valence-electron chi connectivity index (χ4n) is 1.66. The van der Waals surface area contributed by atoms with Gasteiger partial charge in [0.2, 0.25) is 0 Å². The number of rotatable bonds is 6. The molecule has 0 aromatic rings. The minimum Gasteiger partial charge on any atom is -0.481 e. The van der Waals surface area contributed by atoms with Gasteiger partial charge >= 0.3 is 18.2 Å². The third-order valence-electron chi connectivity index (χ3n) is 2.99. The van der Waals surface area contributed by atoms with E-state index in [4.69, 9.17) is 4.74 Å². The van der Waals surface area contributed by atoms with Crippen molar-refractivity contribution in [3.8, 4) is 0 Å². The molecule has 0 aliphatic rings. The third-order valence-corrected chi connectivity index (χ3v) is 2.99. The molecule has 5 nitrogen and oxygen atoms in total. The first-order valence-electron chi connectivity index (χ1n) is 6.58. The van der Waals surface area contributed by atoms with E-state index in [1.54, 1.807) is 20.8 Å². The van der Waals surface area contributed by atoms with Crippen LogP contribution >= 0.6 is 0 Å². The summed E-state index contributed by atoms with van der Waals surface area (Å²) in [6.45, 7) is 5.94. The van der Waals surface area contributed by atoms with Crippen LogP contribution in [0.1, 0.15) is 47.0 Å². The zero-order valence-corrected chi connectivity index (χ0v) is 12.6. The topological polar surface area (TPSA) is 75.6 Å². The third kappa shape index (κ3) is 7.77. The van der Waals surface area contributed by atoms with Crippen LogP contribution < -0.4 is 5.32 Å². The number of carboxylic acid groups (broad SMARTS) is 1. The first-order valence-corrected chi connectivity index (χ1v) is 6.58. The second-order valence-electron chi connectivity index (χ2n) is 5.91. The highest BCUT2D eigenvalue weighted by molar-refractivity contribution is 5.76. The van der Waals surface area contributed by atoms with Crippen LogP contribution in [-0.2, 0) is 9.53 Å². The van der Waals surface area contributed by atoms with E-state index in [1.807, 2.05) is 0 Å². The number of carbonyl (C=O) groups is 2. The summed E-state index contributed by atoms with van der Waals surface area (Å²) in [6.07, 6.45) is -7.15. The lowest BCUT2D eigenvalue weighted by Gasteiger charge is -2.29. The number of hydrogen-bond donors (Lipinski definition) is 2. The van der Waals surface area contributed by atoms with E-state index in [-0.39, 0.29) is 6.42 Å². The van der Waals surface area contributed by atoms with E-state index in [1.165, 1.54) is 6.92 Å². The molecule has 0 saturated heterocycles. The molecule has 0 bridgehead atoms. The van der Waals surface area contributed by atoms with Crippen molar-refractivity contribution < 1.29 is 32.6 Å². The Morgan fingerprint density at radius 2 is 1.67 bits per heavy atom. The molecule has 0 spiro atoms. The van der Waals surface area contributed by atoms with Gasteiger partial charge in [-0.25, -0.2) is 4.79 Å². The first-order chi connectivity index (χ1) is 9.31. The highest BCUT2D eigenvalue weighted by Crippen LogP contribution is 2.33.